The largest absolute Gasteiger partial charge is 0.497 e. The van der Waals surface area contributed by atoms with Crippen molar-refractivity contribution in [3.63, 3.8) is 0 Å². The van der Waals surface area contributed by atoms with E-state index >= 15 is 0 Å². The number of rotatable bonds is 6. The lowest BCUT2D eigenvalue weighted by Crippen LogP contribution is -2.50. The molecule has 0 heterocycles. The summed E-state index contributed by atoms with van der Waals surface area (Å²) in [5.41, 5.74) is -0.769. The molecule has 0 saturated heterocycles. The van der Waals surface area contributed by atoms with Gasteiger partial charge in [-0.25, -0.2) is 4.79 Å². The van der Waals surface area contributed by atoms with Gasteiger partial charge in [0.2, 0.25) is 6.41 Å². The zero-order valence-electron chi connectivity index (χ0n) is 11.0. The Morgan fingerprint density at radius 3 is 2.37 bits per heavy atom. The van der Waals surface area contributed by atoms with E-state index in [0.717, 1.165) is 12.8 Å². The molecule has 0 aromatic heterocycles. The summed E-state index contributed by atoms with van der Waals surface area (Å²) in [6.07, 6.45) is 2.35. The third-order valence-corrected chi connectivity index (χ3v) is 3.64. The molecule has 1 aliphatic carbocycles. The van der Waals surface area contributed by atoms with Gasteiger partial charge in [-0.1, -0.05) is 12.1 Å². The SMILES string of the molecule is COc1ccc(C(C)(C(=O)O)N(C=O)C2CC2)cc1. The number of ether oxygens (including phenoxy) is 1. The van der Waals surface area contributed by atoms with Crippen molar-refractivity contribution in [3.8, 4) is 5.75 Å². The highest BCUT2D eigenvalue weighted by Gasteiger charge is 2.47. The Morgan fingerprint density at radius 2 is 2.00 bits per heavy atom. The van der Waals surface area contributed by atoms with Crippen LogP contribution in [0.25, 0.3) is 0 Å². The first kappa shape index (κ1) is 13.4. The normalized spacial score (nSPS) is 17.4. The average Bonchev–Trinajstić information content (AvgIpc) is 3.23. The summed E-state index contributed by atoms with van der Waals surface area (Å²) in [6.45, 7) is 1.56. The Morgan fingerprint density at radius 1 is 1.42 bits per heavy atom. The topological polar surface area (TPSA) is 66.8 Å². The maximum atomic E-state index is 11.7. The molecular weight excluding hydrogens is 246 g/mol. The smallest absolute Gasteiger partial charge is 0.334 e. The van der Waals surface area contributed by atoms with Crippen LogP contribution in [0.2, 0.25) is 0 Å². The van der Waals surface area contributed by atoms with Crippen LogP contribution in [0.3, 0.4) is 0 Å². The van der Waals surface area contributed by atoms with Crippen molar-refractivity contribution in [3.05, 3.63) is 29.8 Å². The first-order chi connectivity index (χ1) is 9.03. The standard InChI is InChI=1S/C14H17NO4/c1-14(13(17)18,15(9-16)11-5-6-11)10-3-7-12(19-2)8-4-10/h3-4,7-9,11H,5-6H2,1-2H3,(H,17,18). The van der Waals surface area contributed by atoms with Gasteiger partial charge < -0.3 is 14.7 Å². The molecule has 2 rings (SSSR count). The lowest BCUT2D eigenvalue weighted by molar-refractivity contribution is -0.155. The molecule has 1 atom stereocenters. The van der Waals surface area contributed by atoms with Crippen LogP contribution < -0.4 is 4.74 Å². The number of nitrogens with zero attached hydrogens (tertiary/aromatic N) is 1. The number of benzene rings is 1. The van der Waals surface area contributed by atoms with Crippen LogP contribution in [0.4, 0.5) is 0 Å². The van der Waals surface area contributed by atoms with Crippen LogP contribution in [0.15, 0.2) is 24.3 Å². The Kier molecular flexibility index (Phi) is 3.46. The van der Waals surface area contributed by atoms with E-state index in [1.54, 1.807) is 38.3 Å². The fraction of sp³-hybridized carbons (Fsp3) is 0.429. The molecule has 1 N–H and O–H groups in total. The molecule has 1 saturated carbocycles. The maximum absolute atomic E-state index is 11.7. The quantitative estimate of drug-likeness (QED) is 0.792. The molecule has 19 heavy (non-hydrogen) atoms. The van der Waals surface area contributed by atoms with Gasteiger partial charge in [-0.2, -0.15) is 0 Å². The highest BCUT2D eigenvalue weighted by Crippen LogP contribution is 2.37. The molecule has 0 aliphatic heterocycles. The van der Waals surface area contributed by atoms with Gasteiger partial charge in [-0.05, 0) is 37.5 Å². The van der Waals surface area contributed by atoms with Gasteiger partial charge in [0, 0.05) is 6.04 Å². The lowest BCUT2D eigenvalue weighted by Gasteiger charge is -2.35. The third-order valence-electron chi connectivity index (χ3n) is 3.64. The summed E-state index contributed by atoms with van der Waals surface area (Å²) in [5.74, 6) is -0.378. The molecule has 5 nitrogen and oxygen atoms in total. The minimum Gasteiger partial charge on any atom is -0.497 e. The summed E-state index contributed by atoms with van der Waals surface area (Å²) in [5, 5.41) is 9.56. The number of methoxy groups -OCH3 is 1. The number of carboxylic acids is 1. The van der Waals surface area contributed by atoms with Crippen LogP contribution in [-0.4, -0.2) is 35.5 Å². The minimum absolute atomic E-state index is 0.0284. The number of hydrogen-bond donors (Lipinski definition) is 1. The van der Waals surface area contributed by atoms with Crippen LogP contribution in [0.5, 0.6) is 5.75 Å². The monoisotopic (exact) mass is 263 g/mol. The van der Waals surface area contributed by atoms with Crippen LogP contribution in [0, 0.1) is 0 Å². The predicted molar refractivity (Wildman–Crippen MR) is 68.9 cm³/mol. The zero-order chi connectivity index (χ0) is 14.0. The Balaban J connectivity index is 2.41. The second-order valence-electron chi connectivity index (χ2n) is 4.85. The van der Waals surface area contributed by atoms with E-state index in [-0.39, 0.29) is 6.04 Å². The number of aliphatic carboxylic acids is 1. The van der Waals surface area contributed by atoms with Crippen LogP contribution in [-0.2, 0) is 15.1 Å². The molecular formula is C14H17NO4. The molecule has 1 unspecified atom stereocenters. The maximum Gasteiger partial charge on any atom is 0.334 e. The molecule has 1 aromatic rings. The first-order valence-electron chi connectivity index (χ1n) is 6.15. The van der Waals surface area contributed by atoms with Gasteiger partial charge in [-0.15, -0.1) is 0 Å². The molecule has 102 valence electrons. The third kappa shape index (κ3) is 2.28. The van der Waals surface area contributed by atoms with E-state index in [9.17, 15) is 14.7 Å². The van der Waals surface area contributed by atoms with Gasteiger partial charge in [0.05, 0.1) is 7.11 Å². The average molecular weight is 263 g/mol. The molecule has 0 radical (unpaired) electrons. The van der Waals surface area contributed by atoms with Gasteiger partial charge in [0.15, 0.2) is 5.54 Å². The molecule has 1 fully saturated rings. The fourth-order valence-corrected chi connectivity index (χ4v) is 2.21. The van der Waals surface area contributed by atoms with E-state index in [0.29, 0.717) is 17.7 Å². The summed E-state index contributed by atoms with van der Waals surface area (Å²) >= 11 is 0. The van der Waals surface area contributed by atoms with Crippen molar-refractivity contribution in [1.82, 2.24) is 4.90 Å². The summed E-state index contributed by atoms with van der Waals surface area (Å²) in [7, 11) is 1.55. The number of hydrogen-bond acceptors (Lipinski definition) is 3. The molecule has 0 bridgehead atoms. The van der Waals surface area contributed by atoms with Crippen molar-refractivity contribution in [1.29, 1.82) is 0 Å². The van der Waals surface area contributed by atoms with E-state index in [2.05, 4.69) is 0 Å². The van der Waals surface area contributed by atoms with Gasteiger partial charge >= 0.3 is 5.97 Å². The second kappa shape index (κ2) is 4.91. The number of carbonyl (C=O) groups is 2. The van der Waals surface area contributed by atoms with E-state index in [1.807, 2.05) is 0 Å². The Hall–Kier alpha value is -2.04. The van der Waals surface area contributed by atoms with Crippen molar-refractivity contribution in [2.75, 3.05) is 7.11 Å². The molecule has 1 aromatic carbocycles. The van der Waals surface area contributed by atoms with Crippen LogP contribution in [0.1, 0.15) is 25.3 Å². The van der Waals surface area contributed by atoms with Crippen molar-refractivity contribution >= 4 is 12.4 Å². The minimum atomic E-state index is -1.34. The van der Waals surface area contributed by atoms with E-state index in [4.69, 9.17) is 4.74 Å². The van der Waals surface area contributed by atoms with Crippen molar-refractivity contribution < 1.29 is 19.4 Å². The predicted octanol–water partition coefficient (Wildman–Crippen LogP) is 1.62. The number of carboxylic acid groups (broad SMARTS) is 1. The molecule has 1 aliphatic rings. The Bertz CT molecular complexity index is 481. The summed E-state index contributed by atoms with van der Waals surface area (Å²) in [6, 6.07) is 6.80. The highest BCUT2D eigenvalue weighted by atomic mass is 16.5. The highest BCUT2D eigenvalue weighted by molar-refractivity contribution is 5.83. The molecule has 0 spiro atoms. The van der Waals surface area contributed by atoms with Gasteiger partial charge in [0.25, 0.3) is 0 Å². The van der Waals surface area contributed by atoms with Crippen LogP contribution >= 0.6 is 0 Å². The van der Waals surface area contributed by atoms with Gasteiger partial charge in [-0.3, -0.25) is 4.79 Å². The zero-order valence-corrected chi connectivity index (χ0v) is 11.0. The second-order valence-corrected chi connectivity index (χ2v) is 4.85. The fourth-order valence-electron chi connectivity index (χ4n) is 2.21. The number of amides is 1. The molecule has 1 amide bonds. The van der Waals surface area contributed by atoms with E-state index in [1.165, 1.54) is 4.90 Å². The summed E-state index contributed by atoms with van der Waals surface area (Å²) in [4.78, 5) is 24.3. The summed E-state index contributed by atoms with van der Waals surface area (Å²) < 4.78 is 5.06. The van der Waals surface area contributed by atoms with Crippen molar-refractivity contribution in [2.45, 2.75) is 31.3 Å². The lowest BCUT2D eigenvalue weighted by atomic mass is 9.90. The van der Waals surface area contributed by atoms with Gasteiger partial charge in [0.1, 0.15) is 5.75 Å². The Labute approximate surface area is 111 Å². The van der Waals surface area contributed by atoms with Crippen molar-refractivity contribution in [2.24, 2.45) is 0 Å². The first-order valence-corrected chi connectivity index (χ1v) is 6.15. The number of carbonyl (C=O) groups excluding carboxylic acids is 1. The molecule has 5 heteroatoms. The van der Waals surface area contributed by atoms with E-state index < -0.39 is 11.5 Å².